The first-order chi connectivity index (χ1) is 15.7. The van der Waals surface area contributed by atoms with Crippen molar-refractivity contribution in [1.29, 1.82) is 0 Å². The molecule has 0 heterocycles. The van der Waals surface area contributed by atoms with Gasteiger partial charge in [-0.15, -0.1) is 0 Å². The molecule has 7 nitrogen and oxygen atoms in total. The molecule has 0 aliphatic heterocycles. The normalized spacial score (nSPS) is 14.8. The number of ether oxygens (including phenoxy) is 2. The van der Waals surface area contributed by atoms with Crippen molar-refractivity contribution in [2.75, 3.05) is 41.0 Å². The maximum absolute atomic E-state index is 11.8. The molecule has 0 saturated carbocycles. The van der Waals surface area contributed by atoms with Crippen LogP contribution in [0, 0.1) is 0 Å². The maximum atomic E-state index is 11.8. The lowest BCUT2D eigenvalue weighted by molar-refractivity contribution is -0.887. The van der Waals surface area contributed by atoms with Gasteiger partial charge in [-0.2, -0.15) is 0 Å². The lowest BCUT2D eigenvalue weighted by atomic mass is 10.1. The van der Waals surface area contributed by atoms with Gasteiger partial charge in [0.05, 0.1) is 34.4 Å². The Balaban J connectivity index is 3.86. The number of carbonyl (C=O) groups is 2. The highest BCUT2D eigenvalue weighted by Crippen LogP contribution is 2.08. The number of hydrogen-bond donors (Lipinski definition) is 2. The number of carboxylic acids is 1. The van der Waals surface area contributed by atoms with E-state index in [0.717, 1.165) is 12.8 Å². The average Bonchev–Trinajstić information content (AvgIpc) is 2.74. The van der Waals surface area contributed by atoms with E-state index in [2.05, 4.69) is 13.0 Å². The van der Waals surface area contributed by atoms with Crippen molar-refractivity contribution in [1.82, 2.24) is 0 Å². The number of quaternary nitrogens is 1. The van der Waals surface area contributed by atoms with Crippen LogP contribution in [0.15, 0.2) is 60.8 Å². The number of hydrogen-bond acceptors (Lipinski definition) is 5. The van der Waals surface area contributed by atoms with Gasteiger partial charge >= 0.3 is 11.9 Å². The first kappa shape index (κ1) is 30.5. The molecule has 186 valence electrons. The fourth-order valence-corrected chi connectivity index (χ4v) is 2.70. The number of aliphatic hydroxyl groups is 1. The number of allylic oxidation sites excluding steroid dienone is 10. The van der Waals surface area contributed by atoms with Crippen molar-refractivity contribution < 1.29 is 33.8 Å². The van der Waals surface area contributed by atoms with Gasteiger partial charge in [0.1, 0.15) is 12.7 Å². The van der Waals surface area contributed by atoms with Crippen LogP contribution in [0.25, 0.3) is 0 Å². The minimum atomic E-state index is -0.933. The molecule has 0 aliphatic rings. The molecule has 0 saturated heterocycles. The fraction of sp³-hybridized carbons (Fsp3) is 0.538. The van der Waals surface area contributed by atoms with Gasteiger partial charge in [-0.25, -0.2) is 4.79 Å². The molecule has 0 fully saturated rings. The van der Waals surface area contributed by atoms with Gasteiger partial charge in [-0.3, -0.25) is 4.79 Å². The van der Waals surface area contributed by atoms with Crippen LogP contribution >= 0.6 is 0 Å². The summed E-state index contributed by atoms with van der Waals surface area (Å²) in [6.07, 6.45) is 21.9. The van der Waals surface area contributed by atoms with Crippen molar-refractivity contribution in [3.8, 4) is 0 Å². The van der Waals surface area contributed by atoms with Crippen molar-refractivity contribution in [3.05, 3.63) is 60.8 Å². The Kier molecular flexibility index (Phi) is 17.6. The molecule has 33 heavy (non-hydrogen) atoms. The molecular formula is C26H42NO6+. The number of aliphatic hydroxyl groups excluding tert-OH is 1. The summed E-state index contributed by atoms with van der Waals surface area (Å²) in [5.74, 6) is -1.24. The second-order valence-electron chi connectivity index (χ2n) is 8.48. The minimum Gasteiger partial charge on any atom is -0.477 e. The molecule has 2 N–H and O–H groups in total. The summed E-state index contributed by atoms with van der Waals surface area (Å²) in [6.45, 7) is 2.16. The molecule has 2 atom stereocenters. The minimum absolute atomic E-state index is 0.00842. The van der Waals surface area contributed by atoms with E-state index in [-0.39, 0.29) is 36.7 Å². The van der Waals surface area contributed by atoms with Crippen molar-refractivity contribution in [2.45, 2.75) is 51.2 Å². The van der Waals surface area contributed by atoms with Crippen LogP contribution < -0.4 is 0 Å². The zero-order valence-electron chi connectivity index (χ0n) is 20.6. The van der Waals surface area contributed by atoms with E-state index in [9.17, 15) is 19.8 Å². The number of rotatable bonds is 18. The third-order valence-corrected chi connectivity index (χ3v) is 4.54. The van der Waals surface area contributed by atoms with Gasteiger partial charge in [0.15, 0.2) is 6.04 Å². The van der Waals surface area contributed by atoms with E-state index in [0.29, 0.717) is 12.8 Å². The Morgan fingerprint density at radius 1 is 0.909 bits per heavy atom. The number of carbonyl (C=O) groups excluding carboxylic acids is 1. The summed E-state index contributed by atoms with van der Waals surface area (Å²) < 4.78 is 10.7. The summed E-state index contributed by atoms with van der Waals surface area (Å²) in [5, 5.41) is 19.1. The van der Waals surface area contributed by atoms with E-state index < -0.39 is 18.1 Å². The fourth-order valence-electron chi connectivity index (χ4n) is 2.70. The van der Waals surface area contributed by atoms with Crippen LogP contribution in [-0.2, 0) is 19.1 Å². The van der Waals surface area contributed by atoms with Crippen LogP contribution in [-0.4, -0.2) is 79.7 Å². The summed E-state index contributed by atoms with van der Waals surface area (Å²) in [4.78, 5) is 23.0. The molecule has 0 aliphatic carbocycles. The largest absolute Gasteiger partial charge is 0.477 e. The molecule has 0 bridgehead atoms. The zero-order valence-corrected chi connectivity index (χ0v) is 20.6. The summed E-state index contributed by atoms with van der Waals surface area (Å²) >= 11 is 0. The van der Waals surface area contributed by atoms with Gasteiger partial charge in [0, 0.05) is 12.8 Å². The number of likely N-dealkylation sites (N-methyl/N-ethyl adjacent to an activating group) is 1. The topological polar surface area (TPSA) is 93.1 Å². The van der Waals surface area contributed by atoms with Crippen molar-refractivity contribution in [3.63, 3.8) is 0 Å². The Labute approximate surface area is 199 Å². The quantitative estimate of drug-likeness (QED) is 0.139. The van der Waals surface area contributed by atoms with E-state index in [1.165, 1.54) is 0 Å². The molecule has 0 spiro atoms. The number of unbranched alkanes of at least 4 members (excludes halogenated alkanes) is 1. The average molecular weight is 465 g/mol. The lowest BCUT2D eigenvalue weighted by Gasteiger charge is -2.31. The lowest BCUT2D eigenvalue weighted by Crippen LogP contribution is -2.50. The van der Waals surface area contributed by atoms with Gasteiger partial charge < -0.3 is 24.2 Å². The van der Waals surface area contributed by atoms with Crippen LogP contribution in [0.2, 0.25) is 0 Å². The second kappa shape index (κ2) is 19.0. The van der Waals surface area contributed by atoms with Gasteiger partial charge in [-0.1, -0.05) is 67.7 Å². The number of esters is 1. The third-order valence-electron chi connectivity index (χ3n) is 4.54. The highest BCUT2D eigenvalue weighted by atomic mass is 16.5. The Morgan fingerprint density at radius 3 is 2.03 bits per heavy atom. The van der Waals surface area contributed by atoms with Gasteiger partial charge in [0.2, 0.25) is 0 Å². The molecule has 0 rings (SSSR count). The van der Waals surface area contributed by atoms with Gasteiger partial charge in [0.25, 0.3) is 0 Å². The standard InChI is InChI=1S/C26H41NO6/c1-5-6-7-8-9-10-11-12-13-14-15-16-17-18-25(29)33-22-23(28)21-32-20-19-24(26(30)31)27(2,3)4/h6-15,23-24,28H,5,16-22H2,1-4H3/p+1/b7-6+,9-8+,11-10+,13-12+,15-14+. The number of carboxylic acid groups (broad SMARTS) is 1. The molecule has 7 heteroatoms. The maximum Gasteiger partial charge on any atom is 0.362 e. The predicted octanol–water partition coefficient (Wildman–Crippen LogP) is 3.82. The van der Waals surface area contributed by atoms with E-state index in [1.54, 1.807) is 0 Å². The summed E-state index contributed by atoms with van der Waals surface area (Å²) in [7, 11) is 5.43. The van der Waals surface area contributed by atoms with E-state index in [4.69, 9.17) is 9.47 Å². The first-order valence-corrected chi connectivity index (χ1v) is 11.5. The highest BCUT2D eigenvalue weighted by molar-refractivity contribution is 5.72. The van der Waals surface area contributed by atoms with Crippen LogP contribution in [0.4, 0.5) is 0 Å². The number of nitrogens with zero attached hydrogens (tertiary/aromatic N) is 1. The zero-order chi connectivity index (χ0) is 25.0. The van der Waals surface area contributed by atoms with E-state index >= 15 is 0 Å². The molecule has 0 radical (unpaired) electrons. The molecule has 0 amide bonds. The predicted molar refractivity (Wildman–Crippen MR) is 132 cm³/mol. The van der Waals surface area contributed by atoms with Crippen LogP contribution in [0.5, 0.6) is 0 Å². The van der Waals surface area contributed by atoms with Crippen LogP contribution in [0.1, 0.15) is 39.0 Å². The van der Waals surface area contributed by atoms with Crippen LogP contribution in [0.3, 0.4) is 0 Å². The molecule has 0 aromatic carbocycles. The third kappa shape index (κ3) is 18.8. The first-order valence-electron chi connectivity index (χ1n) is 11.5. The monoisotopic (exact) mass is 464 g/mol. The SMILES string of the molecule is CC/C=C/C=C/C=C/C=C/C=C/CCCC(=O)OCC(O)COCCC(C(=O)O)[N+](C)(C)C. The Hall–Kier alpha value is -2.48. The second-order valence-corrected chi connectivity index (χ2v) is 8.48. The smallest absolute Gasteiger partial charge is 0.362 e. The Morgan fingerprint density at radius 2 is 1.48 bits per heavy atom. The number of aliphatic carboxylic acids is 1. The Bertz CT molecular complexity index is 685. The van der Waals surface area contributed by atoms with Crippen molar-refractivity contribution >= 4 is 11.9 Å². The van der Waals surface area contributed by atoms with Gasteiger partial charge in [-0.05, 0) is 19.3 Å². The summed E-state index contributed by atoms with van der Waals surface area (Å²) in [5.41, 5.74) is 0. The molecule has 0 aromatic heterocycles. The van der Waals surface area contributed by atoms with E-state index in [1.807, 2.05) is 75.8 Å². The summed E-state index contributed by atoms with van der Waals surface area (Å²) in [6, 6.07) is -0.587. The molecule has 2 unspecified atom stereocenters. The molecular weight excluding hydrogens is 422 g/mol. The van der Waals surface area contributed by atoms with Crippen molar-refractivity contribution in [2.24, 2.45) is 0 Å². The molecule has 0 aromatic rings. The highest BCUT2D eigenvalue weighted by Gasteiger charge is 2.30.